The summed E-state index contributed by atoms with van der Waals surface area (Å²) in [4.78, 5) is 14.9. The van der Waals surface area contributed by atoms with Gasteiger partial charge in [0.05, 0.1) is 0 Å². The first-order chi connectivity index (χ1) is 12.6. The largest absolute Gasteiger partial charge is 0.486 e. The molecule has 2 aliphatic heterocycles. The SMILES string of the molecule is CC(C(=O)Nc1ccc2c(c1)OCCO2)N1CCCc2c(N)cccc21.Cl. The number of nitrogens with two attached hydrogens (primary N) is 1. The summed E-state index contributed by atoms with van der Waals surface area (Å²) in [6.45, 7) is 3.83. The molecule has 0 aromatic heterocycles. The third-order valence-electron chi connectivity index (χ3n) is 4.98. The Morgan fingerprint density at radius 1 is 1.19 bits per heavy atom. The van der Waals surface area contributed by atoms with Crippen molar-refractivity contribution < 1.29 is 14.3 Å². The highest BCUT2D eigenvalue weighted by atomic mass is 35.5. The Balaban J connectivity index is 0.00000210. The first-order valence-corrected chi connectivity index (χ1v) is 8.98. The minimum absolute atomic E-state index is 0. The van der Waals surface area contributed by atoms with Crippen molar-refractivity contribution in [1.29, 1.82) is 0 Å². The van der Waals surface area contributed by atoms with Gasteiger partial charge in [0.1, 0.15) is 19.3 Å². The van der Waals surface area contributed by atoms with Crippen LogP contribution in [0.1, 0.15) is 18.9 Å². The van der Waals surface area contributed by atoms with Crippen LogP contribution in [0, 0.1) is 0 Å². The molecular weight excluding hydrogens is 366 g/mol. The van der Waals surface area contributed by atoms with Gasteiger partial charge in [-0.1, -0.05) is 6.07 Å². The van der Waals surface area contributed by atoms with Crippen LogP contribution in [0.15, 0.2) is 36.4 Å². The van der Waals surface area contributed by atoms with E-state index in [0.717, 1.165) is 36.3 Å². The Bertz CT molecular complexity index is 843. The monoisotopic (exact) mass is 389 g/mol. The molecule has 0 spiro atoms. The summed E-state index contributed by atoms with van der Waals surface area (Å²) in [7, 11) is 0. The molecule has 0 saturated heterocycles. The van der Waals surface area contributed by atoms with Crippen molar-refractivity contribution in [3.05, 3.63) is 42.0 Å². The van der Waals surface area contributed by atoms with Gasteiger partial charge in [0.2, 0.25) is 5.91 Å². The summed E-state index contributed by atoms with van der Waals surface area (Å²) in [5, 5.41) is 2.99. The maximum atomic E-state index is 12.8. The number of nitrogen functional groups attached to an aromatic ring is 1. The third kappa shape index (κ3) is 3.76. The second kappa shape index (κ2) is 7.96. The van der Waals surface area contributed by atoms with Gasteiger partial charge in [-0.15, -0.1) is 12.4 Å². The maximum absolute atomic E-state index is 12.8. The molecule has 2 aromatic rings. The number of hydrogen-bond acceptors (Lipinski definition) is 5. The Morgan fingerprint density at radius 3 is 2.78 bits per heavy atom. The lowest BCUT2D eigenvalue weighted by molar-refractivity contribution is -0.117. The number of nitrogens with zero attached hydrogens (tertiary/aromatic N) is 1. The molecule has 2 heterocycles. The predicted octanol–water partition coefficient (Wildman–Crippen LogP) is 3.24. The van der Waals surface area contributed by atoms with Crippen LogP contribution in [0.5, 0.6) is 11.5 Å². The summed E-state index contributed by atoms with van der Waals surface area (Å²) in [5.74, 6) is 1.32. The molecule has 27 heavy (non-hydrogen) atoms. The van der Waals surface area contributed by atoms with E-state index in [2.05, 4.69) is 10.2 Å². The van der Waals surface area contributed by atoms with Gasteiger partial charge in [0.15, 0.2) is 11.5 Å². The minimum Gasteiger partial charge on any atom is -0.486 e. The topological polar surface area (TPSA) is 76.8 Å². The predicted molar refractivity (Wildman–Crippen MR) is 109 cm³/mol. The zero-order valence-electron chi connectivity index (χ0n) is 15.2. The Morgan fingerprint density at radius 2 is 1.96 bits per heavy atom. The van der Waals surface area contributed by atoms with E-state index in [9.17, 15) is 4.79 Å². The Hall–Kier alpha value is -2.60. The molecule has 6 nitrogen and oxygen atoms in total. The van der Waals surface area contributed by atoms with Gasteiger partial charge in [-0.25, -0.2) is 0 Å². The van der Waals surface area contributed by atoms with E-state index in [1.165, 1.54) is 0 Å². The quantitative estimate of drug-likeness (QED) is 0.788. The van der Waals surface area contributed by atoms with E-state index < -0.39 is 0 Å². The summed E-state index contributed by atoms with van der Waals surface area (Å²) in [5.41, 5.74) is 9.81. The molecule has 0 aliphatic carbocycles. The third-order valence-corrected chi connectivity index (χ3v) is 4.98. The molecule has 2 aromatic carbocycles. The van der Waals surface area contributed by atoms with E-state index in [0.29, 0.717) is 30.4 Å². The number of rotatable bonds is 3. The number of ether oxygens (including phenoxy) is 2. The van der Waals surface area contributed by atoms with Crippen LogP contribution < -0.4 is 25.4 Å². The molecule has 2 aliphatic rings. The smallest absolute Gasteiger partial charge is 0.246 e. The molecule has 0 fully saturated rings. The van der Waals surface area contributed by atoms with Crippen LogP contribution >= 0.6 is 12.4 Å². The van der Waals surface area contributed by atoms with Crippen molar-refractivity contribution in [2.24, 2.45) is 0 Å². The van der Waals surface area contributed by atoms with Crippen molar-refractivity contribution in [2.75, 3.05) is 35.7 Å². The number of hydrogen-bond donors (Lipinski definition) is 2. The van der Waals surface area contributed by atoms with Crippen LogP contribution in [-0.4, -0.2) is 31.7 Å². The molecule has 4 rings (SSSR count). The Labute approximate surface area is 165 Å². The number of carbonyl (C=O) groups is 1. The molecule has 0 bridgehead atoms. The highest BCUT2D eigenvalue weighted by molar-refractivity contribution is 5.97. The van der Waals surface area contributed by atoms with Crippen LogP contribution in [0.25, 0.3) is 0 Å². The number of amides is 1. The van der Waals surface area contributed by atoms with E-state index in [4.69, 9.17) is 15.2 Å². The summed E-state index contributed by atoms with van der Waals surface area (Å²) < 4.78 is 11.1. The lowest BCUT2D eigenvalue weighted by atomic mass is 9.98. The number of nitrogens with one attached hydrogen (secondary N) is 1. The second-order valence-electron chi connectivity index (χ2n) is 6.67. The maximum Gasteiger partial charge on any atom is 0.246 e. The van der Waals surface area contributed by atoms with Gasteiger partial charge in [0, 0.05) is 29.7 Å². The molecule has 1 unspecified atom stereocenters. The van der Waals surface area contributed by atoms with E-state index in [1.54, 1.807) is 6.07 Å². The fourth-order valence-electron chi connectivity index (χ4n) is 3.59. The molecule has 0 radical (unpaired) electrons. The molecule has 144 valence electrons. The second-order valence-corrected chi connectivity index (χ2v) is 6.67. The zero-order valence-corrected chi connectivity index (χ0v) is 16.1. The molecule has 1 atom stereocenters. The van der Waals surface area contributed by atoms with Crippen LogP contribution in [-0.2, 0) is 11.2 Å². The number of benzene rings is 2. The normalized spacial score (nSPS) is 16.0. The number of fused-ring (bicyclic) bond motifs is 2. The molecular formula is C20H24ClN3O3. The van der Waals surface area contributed by atoms with Crippen LogP contribution in [0.2, 0.25) is 0 Å². The van der Waals surface area contributed by atoms with Gasteiger partial charge in [-0.2, -0.15) is 0 Å². The van der Waals surface area contributed by atoms with E-state index in [-0.39, 0.29) is 24.4 Å². The first-order valence-electron chi connectivity index (χ1n) is 8.98. The molecule has 3 N–H and O–H groups in total. The summed E-state index contributed by atoms with van der Waals surface area (Å²) in [6.07, 6.45) is 1.94. The van der Waals surface area contributed by atoms with Crippen molar-refractivity contribution in [3.8, 4) is 11.5 Å². The average molecular weight is 390 g/mol. The first kappa shape index (κ1) is 19.2. The van der Waals surface area contributed by atoms with Crippen molar-refractivity contribution in [3.63, 3.8) is 0 Å². The number of halogens is 1. The molecule has 1 amide bonds. The van der Waals surface area contributed by atoms with Gasteiger partial charge >= 0.3 is 0 Å². The lowest BCUT2D eigenvalue weighted by Gasteiger charge is -2.36. The summed E-state index contributed by atoms with van der Waals surface area (Å²) in [6, 6.07) is 11.1. The number of anilines is 3. The standard InChI is InChI=1S/C20H23N3O3.ClH/c1-13(23-9-3-4-15-16(21)5-2-6-17(15)23)20(24)22-14-7-8-18-19(12-14)26-11-10-25-18;/h2,5-8,12-13H,3-4,9-11,21H2,1H3,(H,22,24);1H. The van der Waals surface area contributed by atoms with Crippen molar-refractivity contribution in [1.82, 2.24) is 0 Å². The fraction of sp³-hybridized carbons (Fsp3) is 0.350. The fourth-order valence-corrected chi connectivity index (χ4v) is 3.59. The minimum atomic E-state index is -0.302. The van der Waals surface area contributed by atoms with Crippen molar-refractivity contribution >= 4 is 35.4 Å². The van der Waals surface area contributed by atoms with E-state index >= 15 is 0 Å². The van der Waals surface area contributed by atoms with Crippen molar-refractivity contribution in [2.45, 2.75) is 25.8 Å². The van der Waals surface area contributed by atoms with E-state index in [1.807, 2.05) is 37.3 Å². The van der Waals surface area contributed by atoms with Crippen LogP contribution in [0.3, 0.4) is 0 Å². The number of carbonyl (C=O) groups excluding carboxylic acids is 1. The van der Waals surface area contributed by atoms with Gasteiger partial charge in [0.25, 0.3) is 0 Å². The highest BCUT2D eigenvalue weighted by Gasteiger charge is 2.27. The highest BCUT2D eigenvalue weighted by Crippen LogP contribution is 2.34. The van der Waals surface area contributed by atoms with Crippen LogP contribution in [0.4, 0.5) is 17.1 Å². The summed E-state index contributed by atoms with van der Waals surface area (Å²) >= 11 is 0. The zero-order chi connectivity index (χ0) is 18.1. The average Bonchev–Trinajstić information content (AvgIpc) is 2.67. The van der Waals surface area contributed by atoms with Gasteiger partial charge < -0.3 is 25.4 Å². The Kier molecular flexibility index (Phi) is 5.65. The van der Waals surface area contributed by atoms with Gasteiger partial charge in [-0.05, 0) is 49.6 Å². The molecule has 0 saturated carbocycles. The van der Waals surface area contributed by atoms with Gasteiger partial charge in [-0.3, -0.25) is 4.79 Å². The molecule has 7 heteroatoms. The lowest BCUT2D eigenvalue weighted by Crippen LogP contribution is -2.44.